The molecule has 0 spiro atoms. The van der Waals surface area contributed by atoms with Gasteiger partial charge in [0.25, 0.3) is 0 Å². The van der Waals surface area contributed by atoms with Gasteiger partial charge in [-0.2, -0.15) is 0 Å². The van der Waals surface area contributed by atoms with E-state index in [0.29, 0.717) is 24.1 Å². The van der Waals surface area contributed by atoms with Crippen molar-refractivity contribution in [1.82, 2.24) is 9.88 Å². The smallest absolute Gasteiger partial charge is 0.229 e. The zero-order valence-corrected chi connectivity index (χ0v) is 23.3. The van der Waals surface area contributed by atoms with Crippen LogP contribution in [0.1, 0.15) is 40.0 Å². The van der Waals surface area contributed by atoms with Crippen LogP contribution in [0.2, 0.25) is 5.02 Å². The average Bonchev–Trinajstić information content (AvgIpc) is 3.34. The molecule has 9 heteroatoms. The number of hydrogen-bond donors (Lipinski definition) is 2. The normalized spacial score (nSPS) is 33.4. The van der Waals surface area contributed by atoms with E-state index in [0.717, 1.165) is 62.1 Å². The van der Waals surface area contributed by atoms with E-state index >= 15 is 0 Å². The molecule has 1 aromatic carbocycles. The molecule has 4 aliphatic rings. The topological polar surface area (TPSA) is 87.2 Å². The van der Waals surface area contributed by atoms with Crippen molar-refractivity contribution in [2.75, 3.05) is 56.2 Å². The molecule has 5 atom stereocenters. The van der Waals surface area contributed by atoms with Crippen LogP contribution in [0.3, 0.4) is 0 Å². The maximum atomic E-state index is 13.3. The molecule has 1 aliphatic carbocycles. The molecule has 0 radical (unpaired) electrons. The summed E-state index contributed by atoms with van der Waals surface area (Å²) in [4.78, 5) is 22.4. The van der Waals surface area contributed by atoms with E-state index in [1.54, 1.807) is 6.20 Å². The highest BCUT2D eigenvalue weighted by molar-refractivity contribution is 6.34. The number of aliphatic hydroxyl groups is 1. The number of halogens is 1. The Balaban J connectivity index is 1.15. The second-order valence-corrected chi connectivity index (χ2v) is 12.7. The Labute approximate surface area is 229 Å². The zero-order valence-electron chi connectivity index (χ0n) is 22.6. The number of hydrogen-bond acceptors (Lipinski definition) is 7. The highest BCUT2D eigenvalue weighted by Crippen LogP contribution is 2.61. The molecule has 206 valence electrons. The molecule has 0 unspecified atom stereocenters. The molecule has 1 saturated carbocycles. The van der Waals surface area contributed by atoms with Gasteiger partial charge >= 0.3 is 0 Å². The van der Waals surface area contributed by atoms with Gasteiger partial charge < -0.3 is 24.8 Å². The summed E-state index contributed by atoms with van der Waals surface area (Å²) in [6, 6.07) is 5.99. The van der Waals surface area contributed by atoms with Gasteiger partial charge in [-0.1, -0.05) is 25.4 Å². The first-order chi connectivity index (χ1) is 18.2. The van der Waals surface area contributed by atoms with E-state index in [9.17, 15) is 9.90 Å². The summed E-state index contributed by atoms with van der Waals surface area (Å²) >= 11 is 6.72. The number of anilines is 2. The van der Waals surface area contributed by atoms with Crippen molar-refractivity contribution < 1.29 is 19.4 Å². The fourth-order valence-corrected chi connectivity index (χ4v) is 7.29. The maximum Gasteiger partial charge on any atom is 0.229 e. The maximum absolute atomic E-state index is 13.3. The zero-order chi connectivity index (χ0) is 26.7. The number of amides is 1. The Morgan fingerprint density at radius 3 is 2.61 bits per heavy atom. The van der Waals surface area contributed by atoms with Gasteiger partial charge in [0.2, 0.25) is 5.91 Å². The SMILES string of the molecule is CC1(C)[C@@H]([C@H]2CCCCO2)[C@@H]1C(=O)Nc1cc2cc(N3CCN([C@]4(C)COC[C@@H]4O)CC3)c(Cl)cc2cn1. The van der Waals surface area contributed by atoms with Crippen LogP contribution in [0.4, 0.5) is 11.5 Å². The Morgan fingerprint density at radius 2 is 1.92 bits per heavy atom. The van der Waals surface area contributed by atoms with Crippen molar-refractivity contribution in [3.8, 4) is 0 Å². The number of ether oxygens (including phenoxy) is 2. The standard InChI is InChI=1S/C29H39ClN4O4/c1-28(2)25(22-6-4-5-11-38-22)26(28)27(36)32-24-14-18-13-21(20(30)12-19(18)15-31-24)33-7-9-34(10-8-33)29(3)17-37-16-23(29)35/h12-15,22-23,25-26,35H,4-11,16-17H2,1-3H3,(H,31,32,36)/t22-,23+,25+,26-,29-/m1/s1. The molecule has 2 aromatic rings. The summed E-state index contributed by atoms with van der Waals surface area (Å²) in [6.45, 7) is 11.4. The summed E-state index contributed by atoms with van der Waals surface area (Å²) in [6.07, 6.45) is 4.81. The van der Waals surface area contributed by atoms with Gasteiger partial charge in [0.15, 0.2) is 0 Å². The van der Waals surface area contributed by atoms with Crippen LogP contribution in [-0.4, -0.2) is 84.6 Å². The molecule has 3 aliphatic heterocycles. The van der Waals surface area contributed by atoms with Crippen molar-refractivity contribution in [2.24, 2.45) is 17.3 Å². The first kappa shape index (κ1) is 26.3. The first-order valence-corrected chi connectivity index (χ1v) is 14.3. The van der Waals surface area contributed by atoms with Gasteiger partial charge in [-0.15, -0.1) is 0 Å². The van der Waals surface area contributed by atoms with E-state index in [1.165, 1.54) is 6.42 Å². The lowest BCUT2D eigenvalue weighted by Crippen LogP contribution is -2.60. The van der Waals surface area contributed by atoms with Gasteiger partial charge in [-0.05, 0) is 55.2 Å². The number of aliphatic hydroxyl groups excluding tert-OH is 1. The Hall–Kier alpha value is -1.97. The van der Waals surface area contributed by atoms with Crippen LogP contribution in [0.5, 0.6) is 0 Å². The summed E-state index contributed by atoms with van der Waals surface area (Å²) in [5, 5.41) is 16.1. The molecule has 6 rings (SSSR count). The minimum absolute atomic E-state index is 0.0258. The lowest BCUT2D eigenvalue weighted by atomic mass is 9.95. The molecule has 1 aromatic heterocycles. The van der Waals surface area contributed by atoms with Gasteiger partial charge in [-0.3, -0.25) is 9.69 Å². The molecule has 3 saturated heterocycles. The second-order valence-electron chi connectivity index (χ2n) is 12.3. The number of pyridine rings is 1. The first-order valence-electron chi connectivity index (χ1n) is 14.0. The van der Waals surface area contributed by atoms with Crippen molar-refractivity contribution in [1.29, 1.82) is 0 Å². The third kappa shape index (κ3) is 4.58. The van der Waals surface area contributed by atoms with Gasteiger partial charge in [0, 0.05) is 56.2 Å². The molecule has 4 fully saturated rings. The summed E-state index contributed by atoms with van der Waals surface area (Å²) < 4.78 is 11.6. The average molecular weight is 543 g/mol. The number of carbonyl (C=O) groups is 1. The fourth-order valence-electron chi connectivity index (χ4n) is 7.00. The van der Waals surface area contributed by atoms with Crippen LogP contribution in [0, 0.1) is 17.3 Å². The summed E-state index contributed by atoms with van der Waals surface area (Å²) in [5.41, 5.74) is 0.577. The predicted octanol–water partition coefficient (Wildman–Crippen LogP) is 3.94. The predicted molar refractivity (Wildman–Crippen MR) is 149 cm³/mol. The minimum atomic E-state index is -0.467. The van der Waals surface area contributed by atoms with Crippen LogP contribution in [0.25, 0.3) is 10.8 Å². The molecule has 8 nitrogen and oxygen atoms in total. The molecule has 4 heterocycles. The number of carbonyl (C=O) groups excluding carboxylic acids is 1. The number of aromatic nitrogens is 1. The Bertz CT molecular complexity index is 1210. The number of fused-ring (bicyclic) bond motifs is 1. The van der Waals surface area contributed by atoms with Gasteiger partial charge in [0.05, 0.1) is 41.7 Å². The van der Waals surface area contributed by atoms with E-state index in [4.69, 9.17) is 21.1 Å². The molecular weight excluding hydrogens is 504 g/mol. The second kappa shape index (κ2) is 9.89. The van der Waals surface area contributed by atoms with Crippen LogP contribution < -0.4 is 10.2 Å². The quantitative estimate of drug-likeness (QED) is 0.592. The van der Waals surface area contributed by atoms with E-state index in [1.807, 2.05) is 12.1 Å². The number of benzene rings is 1. The van der Waals surface area contributed by atoms with Gasteiger partial charge in [-0.25, -0.2) is 4.98 Å². The van der Waals surface area contributed by atoms with Gasteiger partial charge in [0.1, 0.15) is 5.82 Å². The molecule has 1 amide bonds. The highest BCUT2D eigenvalue weighted by Gasteiger charge is 2.64. The monoisotopic (exact) mass is 542 g/mol. The molecule has 38 heavy (non-hydrogen) atoms. The van der Waals surface area contributed by atoms with E-state index in [-0.39, 0.29) is 34.8 Å². The van der Waals surface area contributed by atoms with Crippen molar-refractivity contribution in [2.45, 2.75) is 57.8 Å². The van der Waals surface area contributed by atoms with Crippen molar-refractivity contribution >= 4 is 39.8 Å². The lowest BCUT2D eigenvalue weighted by molar-refractivity contribution is -0.118. The van der Waals surface area contributed by atoms with E-state index in [2.05, 4.69) is 46.9 Å². The highest BCUT2D eigenvalue weighted by atomic mass is 35.5. The summed E-state index contributed by atoms with van der Waals surface area (Å²) in [5.74, 6) is 0.782. The Morgan fingerprint density at radius 1 is 1.13 bits per heavy atom. The Kier molecular flexibility index (Phi) is 6.84. The third-order valence-corrected chi connectivity index (χ3v) is 9.88. The molecule has 0 bridgehead atoms. The minimum Gasteiger partial charge on any atom is -0.389 e. The fraction of sp³-hybridized carbons (Fsp3) is 0.655. The van der Waals surface area contributed by atoms with Crippen LogP contribution in [0.15, 0.2) is 24.4 Å². The number of nitrogens with zero attached hydrogens (tertiary/aromatic N) is 3. The summed E-state index contributed by atoms with van der Waals surface area (Å²) in [7, 11) is 0. The largest absolute Gasteiger partial charge is 0.389 e. The lowest BCUT2D eigenvalue weighted by Gasteiger charge is -2.45. The number of piperazine rings is 1. The van der Waals surface area contributed by atoms with Crippen LogP contribution in [-0.2, 0) is 14.3 Å². The van der Waals surface area contributed by atoms with Crippen molar-refractivity contribution in [3.05, 3.63) is 29.4 Å². The third-order valence-electron chi connectivity index (χ3n) is 9.58. The van der Waals surface area contributed by atoms with E-state index < -0.39 is 6.10 Å². The number of nitrogens with one attached hydrogen (secondary N) is 1. The molecular formula is C29H39ClN4O4. The number of rotatable bonds is 5. The van der Waals surface area contributed by atoms with Crippen LogP contribution >= 0.6 is 11.6 Å². The molecule has 2 N–H and O–H groups in total. The van der Waals surface area contributed by atoms with Crippen molar-refractivity contribution in [3.63, 3.8) is 0 Å².